The summed E-state index contributed by atoms with van der Waals surface area (Å²) in [7, 11) is 1.66. The van der Waals surface area contributed by atoms with Gasteiger partial charge < -0.3 is 9.47 Å². The van der Waals surface area contributed by atoms with Crippen molar-refractivity contribution >= 4 is 28.3 Å². The normalized spacial score (nSPS) is 15.6. The van der Waals surface area contributed by atoms with Gasteiger partial charge in [0.1, 0.15) is 22.3 Å². The molecule has 114 valence electrons. The SMILES string of the molecule is Cn1c(=O)c(C#N)c(N2CCCCCC2)c2nc(Cl)ccc21. The number of nitriles is 1. The first-order valence-electron chi connectivity index (χ1n) is 7.48. The number of nitrogens with zero attached hydrogens (tertiary/aromatic N) is 4. The van der Waals surface area contributed by atoms with E-state index in [1.54, 1.807) is 19.2 Å². The monoisotopic (exact) mass is 316 g/mol. The predicted molar refractivity (Wildman–Crippen MR) is 87.4 cm³/mol. The molecule has 3 rings (SSSR count). The summed E-state index contributed by atoms with van der Waals surface area (Å²) in [5.74, 6) is 0. The van der Waals surface area contributed by atoms with Gasteiger partial charge in [0.25, 0.3) is 5.56 Å². The fourth-order valence-electron chi connectivity index (χ4n) is 3.07. The number of rotatable bonds is 1. The minimum absolute atomic E-state index is 0.159. The number of hydrogen-bond donors (Lipinski definition) is 0. The molecule has 1 saturated heterocycles. The van der Waals surface area contributed by atoms with E-state index in [2.05, 4.69) is 16.0 Å². The molecular weight excluding hydrogens is 300 g/mol. The first-order valence-corrected chi connectivity index (χ1v) is 7.85. The van der Waals surface area contributed by atoms with Crippen LogP contribution >= 0.6 is 11.6 Å². The molecule has 6 heteroatoms. The largest absolute Gasteiger partial charge is 0.368 e. The van der Waals surface area contributed by atoms with Crippen molar-refractivity contribution in [2.45, 2.75) is 25.7 Å². The van der Waals surface area contributed by atoms with Gasteiger partial charge in [-0.1, -0.05) is 24.4 Å². The molecule has 1 aliphatic rings. The second kappa shape index (κ2) is 5.98. The maximum absolute atomic E-state index is 12.5. The quantitative estimate of drug-likeness (QED) is 0.759. The van der Waals surface area contributed by atoms with E-state index in [-0.39, 0.29) is 11.1 Å². The van der Waals surface area contributed by atoms with E-state index in [9.17, 15) is 10.1 Å². The fourth-order valence-corrected chi connectivity index (χ4v) is 3.22. The van der Waals surface area contributed by atoms with E-state index in [4.69, 9.17) is 11.6 Å². The molecule has 5 nitrogen and oxygen atoms in total. The summed E-state index contributed by atoms with van der Waals surface area (Å²) in [6.45, 7) is 1.68. The summed E-state index contributed by atoms with van der Waals surface area (Å²) in [6, 6.07) is 5.53. The van der Waals surface area contributed by atoms with Crippen molar-refractivity contribution in [1.82, 2.24) is 9.55 Å². The van der Waals surface area contributed by atoms with E-state index in [1.807, 2.05) is 0 Å². The van der Waals surface area contributed by atoms with Crippen molar-refractivity contribution in [3.05, 3.63) is 33.2 Å². The second-order valence-corrected chi connectivity index (χ2v) is 5.99. The lowest BCUT2D eigenvalue weighted by molar-refractivity contribution is 0.726. The van der Waals surface area contributed by atoms with Crippen LogP contribution in [-0.2, 0) is 7.05 Å². The highest BCUT2D eigenvalue weighted by Gasteiger charge is 2.22. The number of hydrogen-bond acceptors (Lipinski definition) is 4. The molecule has 1 aliphatic heterocycles. The topological polar surface area (TPSA) is 61.9 Å². The van der Waals surface area contributed by atoms with Crippen LogP contribution in [0, 0.1) is 11.3 Å². The van der Waals surface area contributed by atoms with Gasteiger partial charge >= 0.3 is 0 Å². The average Bonchev–Trinajstić information content (AvgIpc) is 2.79. The Morgan fingerprint density at radius 1 is 1.23 bits per heavy atom. The molecule has 0 N–H and O–H groups in total. The summed E-state index contributed by atoms with van der Waals surface area (Å²) in [5.41, 5.74) is 1.86. The van der Waals surface area contributed by atoms with Gasteiger partial charge in [0, 0.05) is 20.1 Å². The molecule has 0 aliphatic carbocycles. The molecule has 2 aromatic heterocycles. The molecular formula is C16H17ClN4O. The van der Waals surface area contributed by atoms with Crippen LogP contribution < -0.4 is 10.5 Å². The third-order valence-corrected chi connectivity index (χ3v) is 4.43. The van der Waals surface area contributed by atoms with Crippen LogP contribution in [0.25, 0.3) is 11.0 Å². The lowest BCUT2D eigenvalue weighted by Crippen LogP contribution is -2.30. The Morgan fingerprint density at radius 2 is 1.91 bits per heavy atom. The van der Waals surface area contributed by atoms with E-state index in [0.717, 1.165) is 25.9 Å². The average molecular weight is 317 g/mol. The Hall–Kier alpha value is -2.06. The number of aromatic nitrogens is 2. The molecule has 0 spiro atoms. The van der Waals surface area contributed by atoms with Crippen LogP contribution in [0.5, 0.6) is 0 Å². The zero-order valence-corrected chi connectivity index (χ0v) is 13.2. The summed E-state index contributed by atoms with van der Waals surface area (Å²) < 4.78 is 1.47. The Balaban J connectivity index is 2.35. The Morgan fingerprint density at radius 3 is 2.55 bits per heavy atom. The van der Waals surface area contributed by atoms with Gasteiger partial charge in [0.15, 0.2) is 0 Å². The van der Waals surface area contributed by atoms with E-state index >= 15 is 0 Å². The van der Waals surface area contributed by atoms with E-state index < -0.39 is 0 Å². The minimum Gasteiger partial charge on any atom is -0.368 e. The zero-order valence-electron chi connectivity index (χ0n) is 12.5. The van der Waals surface area contributed by atoms with Gasteiger partial charge in [0.05, 0.1) is 11.2 Å². The standard InChI is InChI=1S/C16H17ClN4O/c1-20-12-6-7-13(17)19-14(12)15(11(10-18)16(20)22)21-8-4-2-3-5-9-21/h6-7H,2-5,8-9H2,1H3. The third kappa shape index (κ3) is 2.44. The fraction of sp³-hybridized carbons (Fsp3) is 0.438. The molecule has 2 aromatic rings. The molecule has 0 bridgehead atoms. The second-order valence-electron chi connectivity index (χ2n) is 5.60. The van der Waals surface area contributed by atoms with Crippen LogP contribution in [0.3, 0.4) is 0 Å². The molecule has 22 heavy (non-hydrogen) atoms. The highest BCUT2D eigenvalue weighted by atomic mass is 35.5. The Labute approximate surface area is 133 Å². The highest BCUT2D eigenvalue weighted by molar-refractivity contribution is 6.29. The smallest absolute Gasteiger partial charge is 0.270 e. The number of halogens is 1. The lowest BCUT2D eigenvalue weighted by Gasteiger charge is -2.25. The van der Waals surface area contributed by atoms with Crippen molar-refractivity contribution in [3.63, 3.8) is 0 Å². The number of pyridine rings is 2. The van der Waals surface area contributed by atoms with Crippen LogP contribution in [0.4, 0.5) is 5.69 Å². The Bertz CT molecular complexity index is 813. The maximum atomic E-state index is 12.5. The predicted octanol–water partition coefficient (Wildman–Crippen LogP) is 2.84. The maximum Gasteiger partial charge on any atom is 0.270 e. The molecule has 0 atom stereocenters. The number of anilines is 1. The number of aryl methyl sites for hydroxylation is 1. The van der Waals surface area contributed by atoms with Crippen molar-refractivity contribution in [2.24, 2.45) is 7.05 Å². The van der Waals surface area contributed by atoms with Crippen molar-refractivity contribution in [2.75, 3.05) is 18.0 Å². The highest BCUT2D eigenvalue weighted by Crippen LogP contribution is 2.29. The molecule has 1 fully saturated rings. The van der Waals surface area contributed by atoms with Crippen molar-refractivity contribution in [1.29, 1.82) is 5.26 Å². The first kappa shape index (κ1) is 14.9. The van der Waals surface area contributed by atoms with Crippen LogP contribution in [0.15, 0.2) is 16.9 Å². The van der Waals surface area contributed by atoms with Crippen molar-refractivity contribution in [3.8, 4) is 6.07 Å². The molecule has 0 amide bonds. The molecule has 0 aromatic carbocycles. The van der Waals surface area contributed by atoms with Crippen LogP contribution in [-0.4, -0.2) is 22.6 Å². The summed E-state index contributed by atoms with van der Waals surface area (Å²) in [4.78, 5) is 19.0. The van der Waals surface area contributed by atoms with Gasteiger partial charge in [-0.3, -0.25) is 4.79 Å². The molecule has 0 radical (unpaired) electrons. The Kier molecular flexibility index (Phi) is 4.04. The molecule has 0 saturated carbocycles. The van der Waals surface area contributed by atoms with E-state index in [1.165, 1.54) is 17.4 Å². The summed E-state index contributed by atoms with van der Waals surface area (Å²) in [5, 5.41) is 9.87. The van der Waals surface area contributed by atoms with Gasteiger partial charge in [-0.25, -0.2) is 4.98 Å². The van der Waals surface area contributed by atoms with Gasteiger partial charge in [0.2, 0.25) is 0 Å². The van der Waals surface area contributed by atoms with Crippen LogP contribution in [0.2, 0.25) is 5.15 Å². The van der Waals surface area contributed by atoms with Crippen LogP contribution in [0.1, 0.15) is 31.2 Å². The minimum atomic E-state index is -0.279. The van der Waals surface area contributed by atoms with Gasteiger partial charge in [-0.15, -0.1) is 0 Å². The third-order valence-electron chi connectivity index (χ3n) is 4.22. The summed E-state index contributed by atoms with van der Waals surface area (Å²) >= 11 is 6.05. The summed E-state index contributed by atoms with van der Waals surface area (Å²) in [6.07, 6.45) is 4.47. The molecule has 0 unspecified atom stereocenters. The molecule has 3 heterocycles. The lowest BCUT2D eigenvalue weighted by atomic mass is 10.1. The first-order chi connectivity index (χ1) is 10.6. The zero-order chi connectivity index (χ0) is 15.7. The van der Waals surface area contributed by atoms with E-state index in [0.29, 0.717) is 21.9 Å². The van der Waals surface area contributed by atoms with Gasteiger partial charge in [-0.05, 0) is 25.0 Å². The van der Waals surface area contributed by atoms with Crippen molar-refractivity contribution < 1.29 is 0 Å². The van der Waals surface area contributed by atoms with Gasteiger partial charge in [-0.2, -0.15) is 5.26 Å². The number of fused-ring (bicyclic) bond motifs is 1.